The van der Waals surface area contributed by atoms with E-state index in [1.807, 2.05) is 51.4 Å². The van der Waals surface area contributed by atoms with E-state index in [-0.39, 0.29) is 11.2 Å². The molecule has 2 heterocycles. The van der Waals surface area contributed by atoms with Crippen LogP contribution in [0.2, 0.25) is 0 Å². The fourth-order valence-corrected chi connectivity index (χ4v) is 2.78. The highest BCUT2D eigenvalue weighted by atomic mass is 32.2. The molecule has 9 heteroatoms. The highest BCUT2D eigenvalue weighted by Crippen LogP contribution is 2.32. The molecule has 0 saturated carbocycles. The molecule has 0 spiro atoms. The number of aromatic nitrogens is 6. The Hall–Kier alpha value is -2.68. The normalized spacial score (nSPS) is 12.1. The van der Waals surface area contributed by atoms with Crippen molar-refractivity contribution in [2.75, 3.05) is 24.7 Å². The topological polar surface area (TPSA) is 110 Å². The second kappa shape index (κ2) is 6.83. The number of nitrogens with one attached hydrogen (secondary N) is 1. The van der Waals surface area contributed by atoms with Gasteiger partial charge in [-0.3, -0.25) is 5.10 Å². The van der Waals surface area contributed by atoms with Gasteiger partial charge in [-0.2, -0.15) is 15.0 Å². The van der Waals surface area contributed by atoms with Gasteiger partial charge in [0.1, 0.15) is 5.82 Å². The third-order valence-electron chi connectivity index (χ3n) is 3.22. The van der Waals surface area contributed by atoms with E-state index in [9.17, 15) is 0 Å². The summed E-state index contributed by atoms with van der Waals surface area (Å²) in [4.78, 5) is 19.1. The molecule has 2 aromatic heterocycles. The first-order chi connectivity index (χ1) is 11.5. The summed E-state index contributed by atoms with van der Waals surface area (Å²) >= 11 is 1.46. The first kappa shape index (κ1) is 16.2. The maximum absolute atomic E-state index is 5.77. The van der Waals surface area contributed by atoms with Crippen LogP contribution in [0.25, 0.3) is 11.4 Å². The molecule has 0 unspecified atom stereocenters. The minimum atomic E-state index is -0.0616. The molecule has 0 amide bonds. The summed E-state index contributed by atoms with van der Waals surface area (Å²) < 4.78 is 0. The Morgan fingerprint density at radius 2 is 1.83 bits per heavy atom. The zero-order valence-electron chi connectivity index (χ0n) is 13.6. The molecule has 8 nitrogen and oxygen atoms in total. The van der Waals surface area contributed by atoms with E-state index in [0.29, 0.717) is 16.9 Å². The molecule has 0 saturated heterocycles. The molecule has 124 valence electrons. The molecule has 0 radical (unpaired) electrons. The van der Waals surface area contributed by atoms with Crippen molar-refractivity contribution in [3.63, 3.8) is 0 Å². The van der Waals surface area contributed by atoms with Gasteiger partial charge in [0, 0.05) is 19.7 Å². The Morgan fingerprint density at radius 1 is 1.08 bits per heavy atom. The molecular weight excluding hydrogens is 324 g/mol. The summed E-state index contributed by atoms with van der Waals surface area (Å²) in [6, 6.07) is 9.85. The van der Waals surface area contributed by atoms with Gasteiger partial charge in [0.25, 0.3) is 0 Å². The lowest BCUT2D eigenvalue weighted by Gasteiger charge is -2.13. The van der Waals surface area contributed by atoms with E-state index in [1.165, 1.54) is 11.8 Å². The highest BCUT2D eigenvalue weighted by molar-refractivity contribution is 7.99. The number of anilines is 2. The van der Waals surface area contributed by atoms with Crippen molar-refractivity contribution in [1.29, 1.82) is 0 Å². The SMILES string of the molecule is C[C@@H](Sc1n[nH]c(-c2ccccc2)n1)c1nc(N)nc(N(C)C)n1. The molecule has 1 aromatic carbocycles. The Labute approximate surface area is 144 Å². The average Bonchev–Trinajstić information content (AvgIpc) is 3.03. The van der Waals surface area contributed by atoms with Crippen LogP contribution in [0.15, 0.2) is 35.5 Å². The molecule has 0 aliphatic heterocycles. The van der Waals surface area contributed by atoms with Gasteiger partial charge in [0.2, 0.25) is 17.1 Å². The number of rotatable bonds is 5. The van der Waals surface area contributed by atoms with Crippen LogP contribution in [0.3, 0.4) is 0 Å². The molecule has 3 rings (SSSR count). The Bertz CT molecular complexity index is 817. The second-order valence-electron chi connectivity index (χ2n) is 5.34. The molecule has 0 aliphatic rings. The van der Waals surface area contributed by atoms with E-state index in [0.717, 1.165) is 11.4 Å². The van der Waals surface area contributed by atoms with Crippen LogP contribution in [-0.4, -0.2) is 44.2 Å². The Morgan fingerprint density at radius 3 is 2.54 bits per heavy atom. The van der Waals surface area contributed by atoms with Gasteiger partial charge >= 0.3 is 0 Å². The van der Waals surface area contributed by atoms with Crippen LogP contribution in [-0.2, 0) is 0 Å². The van der Waals surface area contributed by atoms with Crippen LogP contribution in [0.4, 0.5) is 11.9 Å². The highest BCUT2D eigenvalue weighted by Gasteiger charge is 2.17. The summed E-state index contributed by atoms with van der Waals surface area (Å²) in [6.07, 6.45) is 0. The number of nitrogen functional groups attached to an aromatic ring is 1. The van der Waals surface area contributed by atoms with Gasteiger partial charge in [0.15, 0.2) is 5.82 Å². The van der Waals surface area contributed by atoms with Crippen LogP contribution in [0.1, 0.15) is 18.0 Å². The van der Waals surface area contributed by atoms with Gasteiger partial charge in [-0.15, -0.1) is 5.10 Å². The fourth-order valence-electron chi connectivity index (χ4n) is 2.01. The first-order valence-corrected chi connectivity index (χ1v) is 8.24. The number of nitrogens with two attached hydrogens (primary N) is 1. The van der Waals surface area contributed by atoms with Crippen molar-refractivity contribution in [2.45, 2.75) is 17.3 Å². The minimum absolute atomic E-state index is 0.0616. The molecule has 3 aromatic rings. The standard InChI is InChI=1S/C15H18N8S/c1-9(11-17-13(16)20-14(18-11)23(2)3)24-15-19-12(21-22-15)10-7-5-4-6-8-10/h4-9H,1-3H3,(H,19,21,22)(H2,16,17,18,20)/t9-/m1/s1. The van der Waals surface area contributed by atoms with Gasteiger partial charge in [-0.05, 0) is 6.92 Å². The maximum Gasteiger partial charge on any atom is 0.229 e. The van der Waals surface area contributed by atoms with Crippen molar-refractivity contribution in [3.8, 4) is 11.4 Å². The van der Waals surface area contributed by atoms with E-state index in [1.54, 1.807) is 4.90 Å². The molecule has 0 fully saturated rings. The second-order valence-corrected chi connectivity index (χ2v) is 6.65. The number of nitrogens with zero attached hydrogens (tertiary/aromatic N) is 6. The van der Waals surface area contributed by atoms with E-state index in [4.69, 9.17) is 5.73 Å². The van der Waals surface area contributed by atoms with Crippen LogP contribution >= 0.6 is 11.8 Å². The van der Waals surface area contributed by atoms with Crippen LogP contribution in [0.5, 0.6) is 0 Å². The van der Waals surface area contributed by atoms with Crippen molar-refractivity contribution in [2.24, 2.45) is 0 Å². The summed E-state index contributed by atoms with van der Waals surface area (Å²) in [5.41, 5.74) is 6.76. The lowest BCUT2D eigenvalue weighted by atomic mass is 10.2. The first-order valence-electron chi connectivity index (χ1n) is 7.36. The minimum Gasteiger partial charge on any atom is -0.368 e. The Kier molecular flexibility index (Phi) is 4.61. The number of benzene rings is 1. The van der Waals surface area contributed by atoms with Crippen molar-refractivity contribution in [1.82, 2.24) is 30.1 Å². The van der Waals surface area contributed by atoms with Crippen molar-refractivity contribution in [3.05, 3.63) is 36.2 Å². The van der Waals surface area contributed by atoms with Crippen molar-refractivity contribution < 1.29 is 0 Å². The molecule has 3 N–H and O–H groups in total. The quantitative estimate of drug-likeness (QED) is 0.679. The number of hydrogen-bond acceptors (Lipinski definition) is 8. The fraction of sp³-hybridized carbons (Fsp3) is 0.267. The zero-order chi connectivity index (χ0) is 17.1. The largest absolute Gasteiger partial charge is 0.368 e. The number of H-pyrrole nitrogens is 1. The summed E-state index contributed by atoms with van der Waals surface area (Å²) in [7, 11) is 3.72. The molecule has 1 atom stereocenters. The monoisotopic (exact) mass is 342 g/mol. The smallest absolute Gasteiger partial charge is 0.229 e. The summed E-state index contributed by atoms with van der Waals surface area (Å²) in [5, 5.41) is 7.77. The van der Waals surface area contributed by atoms with Gasteiger partial charge in [0.05, 0.1) is 5.25 Å². The summed E-state index contributed by atoms with van der Waals surface area (Å²) in [5.74, 6) is 2.07. The predicted molar refractivity (Wildman–Crippen MR) is 94.7 cm³/mol. The van der Waals surface area contributed by atoms with Gasteiger partial charge < -0.3 is 10.6 Å². The molecule has 24 heavy (non-hydrogen) atoms. The zero-order valence-corrected chi connectivity index (χ0v) is 14.4. The molecular formula is C15H18N8S. The maximum atomic E-state index is 5.77. The van der Waals surface area contributed by atoms with Gasteiger partial charge in [-0.25, -0.2) is 4.98 Å². The third kappa shape index (κ3) is 3.62. The van der Waals surface area contributed by atoms with Crippen molar-refractivity contribution >= 4 is 23.7 Å². The van der Waals surface area contributed by atoms with Crippen LogP contribution < -0.4 is 10.6 Å². The Balaban J connectivity index is 1.78. The average molecular weight is 342 g/mol. The van der Waals surface area contributed by atoms with E-state index in [2.05, 4.69) is 30.1 Å². The van der Waals surface area contributed by atoms with E-state index < -0.39 is 0 Å². The van der Waals surface area contributed by atoms with Gasteiger partial charge in [-0.1, -0.05) is 42.1 Å². The number of hydrogen-bond donors (Lipinski definition) is 2. The molecule has 0 aliphatic carbocycles. The third-order valence-corrected chi connectivity index (χ3v) is 4.17. The summed E-state index contributed by atoms with van der Waals surface area (Å²) in [6.45, 7) is 1.98. The lowest BCUT2D eigenvalue weighted by Crippen LogP contribution is -2.16. The lowest BCUT2D eigenvalue weighted by molar-refractivity contribution is 0.858. The van der Waals surface area contributed by atoms with Crippen LogP contribution in [0, 0.1) is 0 Å². The predicted octanol–water partition coefficient (Wildman–Crippen LogP) is 2.16. The number of thioether (sulfide) groups is 1. The van der Waals surface area contributed by atoms with E-state index >= 15 is 0 Å². The molecule has 0 bridgehead atoms. The number of aromatic amines is 1.